The minimum Gasteiger partial charge on any atom is -0.319 e. The van der Waals surface area contributed by atoms with E-state index < -0.39 is 0 Å². The van der Waals surface area contributed by atoms with Gasteiger partial charge in [-0.3, -0.25) is 4.68 Å². The molecular weight excluding hydrogens is 234 g/mol. The third-order valence-corrected chi connectivity index (χ3v) is 3.54. The van der Waals surface area contributed by atoms with E-state index in [4.69, 9.17) is 0 Å². The largest absolute Gasteiger partial charge is 0.319 e. The van der Waals surface area contributed by atoms with Crippen LogP contribution in [0.5, 0.6) is 0 Å². The van der Waals surface area contributed by atoms with Crippen LogP contribution in [0.15, 0.2) is 36.7 Å². The second-order valence-corrected chi connectivity index (χ2v) is 5.23. The first-order valence-electron chi connectivity index (χ1n) is 6.87. The van der Waals surface area contributed by atoms with Crippen molar-refractivity contribution in [2.45, 2.75) is 25.7 Å². The van der Waals surface area contributed by atoms with E-state index in [1.54, 1.807) is 0 Å². The van der Waals surface area contributed by atoms with Gasteiger partial charge in [-0.15, -0.1) is 0 Å². The molecular formula is C16H23N3. The van der Waals surface area contributed by atoms with E-state index in [0.717, 1.165) is 19.4 Å². The van der Waals surface area contributed by atoms with Crippen molar-refractivity contribution in [3.8, 4) is 0 Å². The molecule has 1 atom stereocenters. The summed E-state index contributed by atoms with van der Waals surface area (Å²) in [6.45, 7) is 3.15. The highest BCUT2D eigenvalue weighted by Gasteiger charge is 2.11. The van der Waals surface area contributed by atoms with Crippen molar-refractivity contribution in [2.75, 3.05) is 13.6 Å². The minimum absolute atomic E-state index is 0.561. The second kappa shape index (κ2) is 6.53. The molecule has 0 radical (unpaired) electrons. The number of aromatic nitrogens is 2. The zero-order valence-electron chi connectivity index (χ0n) is 12.1. The quantitative estimate of drug-likeness (QED) is 0.862. The van der Waals surface area contributed by atoms with Crippen LogP contribution in [0.4, 0.5) is 0 Å². The van der Waals surface area contributed by atoms with Crippen LogP contribution in [-0.4, -0.2) is 23.4 Å². The maximum Gasteiger partial charge on any atom is 0.0521 e. The molecule has 0 amide bonds. The predicted molar refractivity (Wildman–Crippen MR) is 79.4 cm³/mol. The molecule has 19 heavy (non-hydrogen) atoms. The minimum atomic E-state index is 0.561. The lowest BCUT2D eigenvalue weighted by atomic mass is 9.92. The van der Waals surface area contributed by atoms with E-state index in [-0.39, 0.29) is 0 Å². The first-order valence-corrected chi connectivity index (χ1v) is 6.87. The van der Waals surface area contributed by atoms with E-state index in [9.17, 15) is 0 Å². The average molecular weight is 257 g/mol. The third kappa shape index (κ3) is 3.93. The predicted octanol–water partition coefficient (Wildman–Crippen LogP) is 2.66. The van der Waals surface area contributed by atoms with E-state index >= 15 is 0 Å². The van der Waals surface area contributed by atoms with Crippen molar-refractivity contribution in [3.05, 3.63) is 53.3 Å². The van der Waals surface area contributed by atoms with Gasteiger partial charge in [-0.25, -0.2) is 0 Å². The Morgan fingerprint density at radius 2 is 2.00 bits per heavy atom. The summed E-state index contributed by atoms with van der Waals surface area (Å²) >= 11 is 0. The highest BCUT2D eigenvalue weighted by atomic mass is 15.2. The molecule has 0 saturated carbocycles. The van der Waals surface area contributed by atoms with Gasteiger partial charge >= 0.3 is 0 Å². The molecule has 1 aromatic carbocycles. The van der Waals surface area contributed by atoms with E-state index in [1.807, 2.05) is 25.0 Å². The van der Waals surface area contributed by atoms with E-state index in [0.29, 0.717) is 5.92 Å². The Balaban J connectivity index is 2.01. The normalized spacial score (nSPS) is 12.6. The van der Waals surface area contributed by atoms with Crippen LogP contribution in [0, 0.1) is 6.92 Å². The zero-order valence-corrected chi connectivity index (χ0v) is 12.1. The number of hydrogen-bond donors (Lipinski definition) is 1. The maximum absolute atomic E-state index is 4.23. The topological polar surface area (TPSA) is 29.9 Å². The summed E-state index contributed by atoms with van der Waals surface area (Å²) in [4.78, 5) is 0. The Labute approximate surface area is 115 Å². The molecule has 0 saturated heterocycles. The first-order chi connectivity index (χ1) is 9.19. The van der Waals surface area contributed by atoms with Crippen molar-refractivity contribution < 1.29 is 0 Å². The molecule has 0 bridgehead atoms. The van der Waals surface area contributed by atoms with Gasteiger partial charge in [0.2, 0.25) is 0 Å². The summed E-state index contributed by atoms with van der Waals surface area (Å²) in [6.07, 6.45) is 6.29. The van der Waals surface area contributed by atoms with Gasteiger partial charge in [0.05, 0.1) is 6.20 Å². The van der Waals surface area contributed by atoms with Gasteiger partial charge < -0.3 is 5.32 Å². The molecule has 0 aliphatic rings. The van der Waals surface area contributed by atoms with Crippen molar-refractivity contribution in [3.63, 3.8) is 0 Å². The smallest absolute Gasteiger partial charge is 0.0521 e. The van der Waals surface area contributed by atoms with Gasteiger partial charge in [0.1, 0.15) is 0 Å². The van der Waals surface area contributed by atoms with Crippen LogP contribution in [0.1, 0.15) is 29.0 Å². The monoisotopic (exact) mass is 257 g/mol. The molecule has 0 aliphatic carbocycles. The lowest BCUT2D eigenvalue weighted by molar-refractivity contribution is 0.584. The highest BCUT2D eigenvalue weighted by molar-refractivity contribution is 5.25. The Kier molecular flexibility index (Phi) is 4.74. The Morgan fingerprint density at radius 1 is 1.26 bits per heavy atom. The molecule has 3 nitrogen and oxygen atoms in total. The van der Waals surface area contributed by atoms with Crippen LogP contribution in [0.2, 0.25) is 0 Å². The summed E-state index contributed by atoms with van der Waals surface area (Å²) in [6, 6.07) is 8.89. The van der Waals surface area contributed by atoms with Crippen LogP contribution in [-0.2, 0) is 13.5 Å². The summed E-state index contributed by atoms with van der Waals surface area (Å²) in [7, 11) is 3.99. The average Bonchev–Trinajstić information content (AvgIpc) is 2.81. The van der Waals surface area contributed by atoms with Gasteiger partial charge in [0, 0.05) is 19.8 Å². The third-order valence-electron chi connectivity index (χ3n) is 3.54. The molecule has 0 aliphatic heterocycles. The van der Waals surface area contributed by atoms with Crippen molar-refractivity contribution in [1.82, 2.24) is 15.1 Å². The number of rotatable bonds is 6. The number of aryl methyl sites for hydroxylation is 3. The fourth-order valence-corrected chi connectivity index (χ4v) is 2.41. The van der Waals surface area contributed by atoms with Crippen LogP contribution < -0.4 is 5.32 Å². The van der Waals surface area contributed by atoms with E-state index in [1.165, 1.54) is 16.7 Å². The number of likely N-dealkylation sites (N-methyl/N-ethyl adjacent to an activating group) is 1. The number of hydrogen-bond acceptors (Lipinski definition) is 2. The summed E-state index contributed by atoms with van der Waals surface area (Å²) < 4.78 is 1.87. The van der Waals surface area contributed by atoms with Crippen LogP contribution >= 0.6 is 0 Å². The summed E-state index contributed by atoms with van der Waals surface area (Å²) in [5.74, 6) is 0.561. The zero-order chi connectivity index (χ0) is 13.7. The lowest BCUT2D eigenvalue weighted by Crippen LogP contribution is -2.17. The number of benzene rings is 1. The first kappa shape index (κ1) is 13.8. The van der Waals surface area contributed by atoms with Gasteiger partial charge in [-0.05, 0) is 43.9 Å². The SMILES string of the molecule is CNCC(CCc1cnn(C)c1)c1ccc(C)cc1. The molecule has 0 fully saturated rings. The summed E-state index contributed by atoms with van der Waals surface area (Å²) in [5.41, 5.74) is 4.05. The van der Waals surface area contributed by atoms with E-state index in [2.05, 4.69) is 47.8 Å². The summed E-state index contributed by atoms with van der Waals surface area (Å²) in [5, 5.41) is 7.53. The van der Waals surface area contributed by atoms with Crippen LogP contribution in [0.25, 0.3) is 0 Å². The molecule has 1 unspecified atom stereocenters. The van der Waals surface area contributed by atoms with Gasteiger partial charge in [-0.2, -0.15) is 5.10 Å². The van der Waals surface area contributed by atoms with Gasteiger partial charge in [0.25, 0.3) is 0 Å². The number of nitrogens with zero attached hydrogens (tertiary/aromatic N) is 2. The van der Waals surface area contributed by atoms with Crippen molar-refractivity contribution >= 4 is 0 Å². The molecule has 2 aromatic rings. The van der Waals surface area contributed by atoms with Gasteiger partial charge in [-0.1, -0.05) is 29.8 Å². The molecule has 1 heterocycles. The molecule has 0 spiro atoms. The second-order valence-electron chi connectivity index (χ2n) is 5.23. The fraction of sp³-hybridized carbons (Fsp3) is 0.438. The van der Waals surface area contributed by atoms with Crippen LogP contribution in [0.3, 0.4) is 0 Å². The lowest BCUT2D eigenvalue weighted by Gasteiger charge is -2.17. The molecule has 3 heteroatoms. The maximum atomic E-state index is 4.23. The van der Waals surface area contributed by atoms with Gasteiger partial charge in [0.15, 0.2) is 0 Å². The Morgan fingerprint density at radius 3 is 2.58 bits per heavy atom. The fourth-order valence-electron chi connectivity index (χ4n) is 2.41. The number of nitrogens with one attached hydrogen (secondary N) is 1. The standard InChI is InChI=1S/C16H23N3/c1-13-4-7-15(8-5-13)16(11-17-2)9-6-14-10-18-19(3)12-14/h4-5,7-8,10,12,16-17H,6,9,11H2,1-3H3. The molecule has 1 N–H and O–H groups in total. The molecule has 1 aromatic heterocycles. The van der Waals surface area contributed by atoms with Crippen molar-refractivity contribution in [1.29, 1.82) is 0 Å². The van der Waals surface area contributed by atoms with Crippen molar-refractivity contribution in [2.24, 2.45) is 7.05 Å². The Hall–Kier alpha value is -1.61. The molecule has 2 rings (SSSR count). The highest BCUT2D eigenvalue weighted by Crippen LogP contribution is 2.21. The molecule has 102 valence electrons. The Bertz CT molecular complexity index is 499.